The Morgan fingerprint density at radius 1 is 1.48 bits per heavy atom. The molecule has 1 heterocycles. The largest absolute Gasteiger partial charge is 0.480 e. The molecule has 1 aliphatic rings. The predicted molar refractivity (Wildman–Crippen MR) is 76.7 cm³/mol. The van der Waals surface area contributed by atoms with Crippen LogP contribution in [0.1, 0.15) is 35.0 Å². The Bertz CT molecular complexity index is 691. The number of amides is 1. The number of thiophene rings is 1. The molecule has 1 amide bonds. The van der Waals surface area contributed by atoms with E-state index >= 15 is 0 Å². The molecule has 1 fully saturated rings. The quantitative estimate of drug-likeness (QED) is 0.826. The first-order valence-corrected chi connectivity index (χ1v) is 8.68. The van der Waals surface area contributed by atoms with Crippen molar-refractivity contribution in [3.05, 3.63) is 16.5 Å². The smallest absolute Gasteiger partial charge is 0.326 e. The Kier molecular flexibility index (Phi) is 4.09. The number of rotatable bonds is 5. The zero-order valence-electron chi connectivity index (χ0n) is 11.6. The van der Waals surface area contributed by atoms with Gasteiger partial charge >= 0.3 is 5.97 Å². The summed E-state index contributed by atoms with van der Waals surface area (Å²) in [6.07, 6.45) is 1.52. The number of carbonyl (C=O) groups excluding carboxylic acids is 1. The van der Waals surface area contributed by atoms with Gasteiger partial charge < -0.3 is 10.0 Å². The van der Waals surface area contributed by atoms with E-state index in [-0.39, 0.29) is 15.1 Å². The molecule has 0 radical (unpaired) electrons. The van der Waals surface area contributed by atoms with E-state index in [1.807, 2.05) is 0 Å². The van der Waals surface area contributed by atoms with Gasteiger partial charge in [-0.25, -0.2) is 18.4 Å². The third-order valence-corrected chi connectivity index (χ3v) is 5.96. The molecule has 0 spiro atoms. The van der Waals surface area contributed by atoms with Gasteiger partial charge in [0.15, 0.2) is 0 Å². The van der Waals surface area contributed by atoms with Gasteiger partial charge in [0.2, 0.25) is 10.0 Å². The van der Waals surface area contributed by atoms with Crippen LogP contribution in [-0.4, -0.2) is 42.4 Å². The minimum atomic E-state index is -3.87. The van der Waals surface area contributed by atoms with Crippen molar-refractivity contribution >= 4 is 33.2 Å². The normalized spacial score (nSPS) is 16.5. The molecular formula is C12H16N2O5S2. The minimum Gasteiger partial charge on any atom is -0.480 e. The number of nitrogens with two attached hydrogens (primary N) is 1. The molecule has 0 aromatic carbocycles. The van der Waals surface area contributed by atoms with E-state index in [1.165, 1.54) is 17.9 Å². The van der Waals surface area contributed by atoms with E-state index in [2.05, 4.69) is 0 Å². The van der Waals surface area contributed by atoms with E-state index in [0.717, 1.165) is 24.2 Å². The SMILES string of the molecule is Cc1cc(S(N)(=O)=O)sc1C(=O)N(C1CC1)C(C)C(=O)O. The van der Waals surface area contributed by atoms with E-state index < -0.39 is 27.9 Å². The predicted octanol–water partition coefficient (Wildman–Crippen LogP) is 0.782. The zero-order chi connectivity index (χ0) is 15.9. The van der Waals surface area contributed by atoms with Gasteiger partial charge in [-0.3, -0.25) is 4.79 Å². The first-order chi connectivity index (χ1) is 9.62. The van der Waals surface area contributed by atoms with Gasteiger partial charge in [0.25, 0.3) is 5.91 Å². The highest BCUT2D eigenvalue weighted by atomic mass is 32.2. The number of hydrogen-bond donors (Lipinski definition) is 2. The topological polar surface area (TPSA) is 118 Å². The molecule has 0 saturated heterocycles. The molecule has 116 valence electrons. The van der Waals surface area contributed by atoms with Gasteiger partial charge in [-0.15, -0.1) is 11.3 Å². The molecule has 21 heavy (non-hydrogen) atoms. The summed E-state index contributed by atoms with van der Waals surface area (Å²) >= 11 is 0.780. The van der Waals surface area contributed by atoms with Crippen LogP contribution in [-0.2, 0) is 14.8 Å². The van der Waals surface area contributed by atoms with Gasteiger partial charge in [-0.2, -0.15) is 0 Å². The Morgan fingerprint density at radius 3 is 2.43 bits per heavy atom. The summed E-state index contributed by atoms with van der Waals surface area (Å²) < 4.78 is 22.6. The second kappa shape index (κ2) is 5.39. The maximum Gasteiger partial charge on any atom is 0.326 e. The molecule has 1 saturated carbocycles. The standard InChI is InChI=1S/C12H16N2O5S2/c1-6-5-9(21(13,18)19)20-10(6)11(15)14(8-3-4-8)7(2)12(16)17/h5,7-8H,3-4H2,1-2H3,(H,16,17)(H2,13,18,19). The molecule has 1 aliphatic carbocycles. The van der Waals surface area contributed by atoms with Crippen molar-refractivity contribution < 1.29 is 23.1 Å². The fraction of sp³-hybridized carbons (Fsp3) is 0.500. The maximum atomic E-state index is 12.6. The van der Waals surface area contributed by atoms with Crippen molar-refractivity contribution in [3.8, 4) is 0 Å². The van der Waals surface area contributed by atoms with Gasteiger partial charge in [0.1, 0.15) is 10.3 Å². The van der Waals surface area contributed by atoms with Crippen LogP contribution in [0.5, 0.6) is 0 Å². The van der Waals surface area contributed by atoms with Gasteiger partial charge in [-0.05, 0) is 38.3 Å². The molecule has 1 aromatic heterocycles. The van der Waals surface area contributed by atoms with Crippen LogP contribution in [0.4, 0.5) is 0 Å². The zero-order valence-corrected chi connectivity index (χ0v) is 13.2. The van der Waals surface area contributed by atoms with Crippen LogP contribution in [0, 0.1) is 6.92 Å². The van der Waals surface area contributed by atoms with Crippen LogP contribution in [0.25, 0.3) is 0 Å². The van der Waals surface area contributed by atoms with Crippen molar-refractivity contribution in [1.29, 1.82) is 0 Å². The van der Waals surface area contributed by atoms with Crippen molar-refractivity contribution in [2.45, 2.75) is 43.0 Å². The molecule has 1 aromatic rings. The van der Waals surface area contributed by atoms with Crippen LogP contribution in [0.3, 0.4) is 0 Å². The van der Waals surface area contributed by atoms with Crippen LogP contribution in [0.15, 0.2) is 10.3 Å². The van der Waals surface area contributed by atoms with Crippen LogP contribution < -0.4 is 5.14 Å². The van der Waals surface area contributed by atoms with E-state index in [9.17, 15) is 18.0 Å². The molecule has 2 rings (SSSR count). The highest BCUT2D eigenvalue weighted by Crippen LogP contribution is 2.33. The van der Waals surface area contributed by atoms with Crippen molar-refractivity contribution in [2.24, 2.45) is 5.14 Å². The number of carboxylic acids is 1. The Hall–Kier alpha value is -1.45. The summed E-state index contributed by atoms with van der Waals surface area (Å²) in [6, 6.07) is 0.288. The minimum absolute atomic E-state index is 0.0944. The van der Waals surface area contributed by atoms with E-state index in [1.54, 1.807) is 6.92 Å². The molecule has 1 unspecified atom stereocenters. The molecule has 0 aliphatic heterocycles. The molecule has 7 nitrogen and oxygen atoms in total. The number of primary sulfonamides is 1. The molecular weight excluding hydrogens is 316 g/mol. The number of carboxylic acid groups (broad SMARTS) is 1. The molecule has 9 heteroatoms. The Morgan fingerprint density at radius 2 is 2.05 bits per heavy atom. The van der Waals surface area contributed by atoms with Crippen LogP contribution >= 0.6 is 11.3 Å². The number of nitrogens with zero attached hydrogens (tertiary/aromatic N) is 1. The highest BCUT2D eigenvalue weighted by molar-refractivity contribution is 7.91. The summed E-state index contributed by atoms with van der Waals surface area (Å²) in [4.78, 5) is 25.3. The van der Waals surface area contributed by atoms with Crippen molar-refractivity contribution in [3.63, 3.8) is 0 Å². The van der Waals surface area contributed by atoms with Crippen molar-refractivity contribution in [1.82, 2.24) is 4.90 Å². The lowest BCUT2D eigenvalue weighted by Crippen LogP contribution is -2.44. The summed E-state index contributed by atoms with van der Waals surface area (Å²) in [6.45, 7) is 3.05. The van der Waals surface area contributed by atoms with E-state index in [0.29, 0.717) is 5.56 Å². The van der Waals surface area contributed by atoms with Crippen molar-refractivity contribution in [2.75, 3.05) is 0 Å². The first kappa shape index (κ1) is 15.9. The molecule has 1 atom stereocenters. The summed E-state index contributed by atoms with van der Waals surface area (Å²) in [5, 5.41) is 14.2. The van der Waals surface area contributed by atoms with Gasteiger partial charge in [0.05, 0.1) is 4.88 Å². The summed E-state index contributed by atoms with van der Waals surface area (Å²) in [5.41, 5.74) is 0.484. The summed E-state index contributed by atoms with van der Waals surface area (Å²) in [7, 11) is -3.87. The number of aliphatic carboxylic acids is 1. The van der Waals surface area contributed by atoms with Crippen LogP contribution in [0.2, 0.25) is 0 Å². The number of hydrogen-bond acceptors (Lipinski definition) is 5. The lowest BCUT2D eigenvalue weighted by molar-refractivity contribution is -0.141. The molecule has 3 N–H and O–H groups in total. The number of carbonyl (C=O) groups is 2. The van der Waals surface area contributed by atoms with E-state index in [4.69, 9.17) is 10.2 Å². The maximum absolute atomic E-state index is 12.6. The second-order valence-corrected chi connectivity index (χ2v) is 7.92. The lowest BCUT2D eigenvalue weighted by Gasteiger charge is -2.26. The lowest BCUT2D eigenvalue weighted by atomic mass is 10.2. The highest BCUT2D eigenvalue weighted by Gasteiger charge is 2.39. The fourth-order valence-corrected chi connectivity index (χ4v) is 3.96. The first-order valence-electron chi connectivity index (χ1n) is 6.31. The second-order valence-electron chi connectivity index (χ2n) is 5.08. The fourth-order valence-electron chi connectivity index (χ4n) is 2.05. The number of aryl methyl sites for hydroxylation is 1. The molecule has 0 bridgehead atoms. The monoisotopic (exact) mass is 332 g/mol. The summed E-state index contributed by atoms with van der Waals surface area (Å²) in [5.74, 6) is -1.54. The third-order valence-electron chi connectivity index (χ3n) is 3.32. The number of sulfonamides is 1. The Balaban J connectivity index is 2.38. The van der Waals surface area contributed by atoms with Gasteiger partial charge in [-0.1, -0.05) is 0 Å². The average molecular weight is 332 g/mol. The Labute approximate surface area is 126 Å². The average Bonchev–Trinajstić information content (AvgIpc) is 3.09. The third kappa shape index (κ3) is 3.25. The van der Waals surface area contributed by atoms with Gasteiger partial charge in [0, 0.05) is 6.04 Å².